The Morgan fingerprint density at radius 1 is 1.05 bits per heavy atom. The zero-order valence-electron chi connectivity index (χ0n) is 12.8. The van der Waals surface area contributed by atoms with Gasteiger partial charge >= 0.3 is 0 Å². The smallest absolute Gasteiger partial charge is 0.0458 e. The number of hydrogen-bond donors (Lipinski definition) is 1. The Morgan fingerprint density at radius 3 is 2.30 bits per heavy atom. The van der Waals surface area contributed by atoms with Crippen LogP contribution in [0.3, 0.4) is 0 Å². The summed E-state index contributed by atoms with van der Waals surface area (Å²) >= 11 is 1.87. The number of aryl methyl sites for hydroxylation is 2. The Hall–Kier alpha value is -1.12. The minimum absolute atomic E-state index is 0.447. The molecule has 0 spiro atoms. The first-order chi connectivity index (χ1) is 9.74. The lowest BCUT2D eigenvalue weighted by molar-refractivity contribution is 0.535. The van der Waals surface area contributed by atoms with Gasteiger partial charge in [0.1, 0.15) is 0 Å². The SMILES string of the molecule is CCCNC(Cc1ccc(CC)cc1)c1sccc1C. The van der Waals surface area contributed by atoms with Crippen molar-refractivity contribution < 1.29 is 0 Å². The minimum Gasteiger partial charge on any atom is -0.309 e. The highest BCUT2D eigenvalue weighted by Crippen LogP contribution is 2.27. The number of nitrogens with one attached hydrogen (secondary N) is 1. The number of rotatable bonds is 7. The number of thiophene rings is 1. The third kappa shape index (κ3) is 3.94. The Kier molecular flexibility index (Phi) is 5.81. The molecule has 108 valence electrons. The third-order valence-corrected chi connectivity index (χ3v) is 4.86. The zero-order valence-corrected chi connectivity index (χ0v) is 13.6. The van der Waals surface area contributed by atoms with Gasteiger partial charge in [0.05, 0.1) is 0 Å². The highest BCUT2D eigenvalue weighted by atomic mass is 32.1. The van der Waals surface area contributed by atoms with Crippen molar-refractivity contribution in [3.05, 3.63) is 57.3 Å². The van der Waals surface area contributed by atoms with Gasteiger partial charge in [0.2, 0.25) is 0 Å². The molecule has 1 unspecified atom stereocenters. The van der Waals surface area contributed by atoms with Crippen LogP contribution in [-0.2, 0) is 12.8 Å². The molecule has 1 heterocycles. The maximum atomic E-state index is 3.70. The summed E-state index contributed by atoms with van der Waals surface area (Å²) in [5, 5.41) is 5.90. The maximum Gasteiger partial charge on any atom is 0.0458 e. The molecule has 1 atom stereocenters. The molecule has 20 heavy (non-hydrogen) atoms. The lowest BCUT2D eigenvalue weighted by Crippen LogP contribution is -2.23. The molecule has 2 rings (SSSR count). The summed E-state index contributed by atoms with van der Waals surface area (Å²) in [6.07, 6.45) is 3.36. The van der Waals surface area contributed by atoms with E-state index in [0.717, 1.165) is 19.4 Å². The van der Waals surface area contributed by atoms with Gasteiger partial charge in [-0.1, -0.05) is 38.1 Å². The second-order valence-electron chi connectivity index (χ2n) is 5.35. The van der Waals surface area contributed by atoms with Crippen LogP contribution in [0.25, 0.3) is 0 Å². The standard InChI is InChI=1S/C18H25NS/c1-4-11-19-17(18-14(3)10-12-20-18)13-16-8-6-15(5-2)7-9-16/h6-10,12,17,19H,4-5,11,13H2,1-3H3. The van der Waals surface area contributed by atoms with E-state index in [-0.39, 0.29) is 0 Å². The fourth-order valence-electron chi connectivity index (χ4n) is 2.46. The van der Waals surface area contributed by atoms with Gasteiger partial charge in [0.25, 0.3) is 0 Å². The lowest BCUT2D eigenvalue weighted by atomic mass is 10.0. The molecule has 0 radical (unpaired) electrons. The normalized spacial score (nSPS) is 12.6. The Morgan fingerprint density at radius 2 is 1.75 bits per heavy atom. The molecule has 0 aliphatic rings. The van der Waals surface area contributed by atoms with Gasteiger partial charge in [0, 0.05) is 10.9 Å². The van der Waals surface area contributed by atoms with E-state index in [4.69, 9.17) is 0 Å². The van der Waals surface area contributed by atoms with E-state index in [1.807, 2.05) is 11.3 Å². The zero-order chi connectivity index (χ0) is 14.4. The molecule has 1 N–H and O–H groups in total. The Balaban J connectivity index is 2.12. The third-order valence-electron chi connectivity index (χ3n) is 3.73. The summed E-state index contributed by atoms with van der Waals surface area (Å²) < 4.78 is 0. The van der Waals surface area contributed by atoms with Gasteiger partial charge in [-0.3, -0.25) is 0 Å². The van der Waals surface area contributed by atoms with Crippen LogP contribution in [0.4, 0.5) is 0 Å². The highest BCUT2D eigenvalue weighted by Gasteiger charge is 2.15. The van der Waals surface area contributed by atoms with Crippen molar-refractivity contribution in [2.24, 2.45) is 0 Å². The van der Waals surface area contributed by atoms with E-state index in [1.165, 1.54) is 28.0 Å². The van der Waals surface area contributed by atoms with E-state index in [2.05, 4.69) is 61.8 Å². The molecule has 0 amide bonds. The van der Waals surface area contributed by atoms with Crippen molar-refractivity contribution in [3.8, 4) is 0 Å². The molecule has 2 heteroatoms. The predicted octanol–water partition coefficient (Wildman–Crippen LogP) is 4.90. The van der Waals surface area contributed by atoms with Gasteiger partial charge in [-0.05, 0) is 60.9 Å². The van der Waals surface area contributed by atoms with E-state index in [0.29, 0.717) is 6.04 Å². The minimum atomic E-state index is 0.447. The summed E-state index contributed by atoms with van der Waals surface area (Å²) in [5.41, 5.74) is 4.25. The van der Waals surface area contributed by atoms with Gasteiger partial charge in [-0.25, -0.2) is 0 Å². The van der Waals surface area contributed by atoms with Gasteiger partial charge in [-0.2, -0.15) is 0 Å². The summed E-state index contributed by atoms with van der Waals surface area (Å²) in [5.74, 6) is 0. The van der Waals surface area contributed by atoms with Crippen molar-refractivity contribution >= 4 is 11.3 Å². The molecule has 0 bridgehead atoms. The predicted molar refractivity (Wildman–Crippen MR) is 89.6 cm³/mol. The summed E-state index contributed by atoms with van der Waals surface area (Å²) in [4.78, 5) is 1.48. The van der Waals surface area contributed by atoms with Crippen molar-refractivity contribution in [1.82, 2.24) is 5.32 Å². The van der Waals surface area contributed by atoms with E-state index in [1.54, 1.807) is 0 Å². The van der Waals surface area contributed by atoms with Crippen LogP contribution in [0.2, 0.25) is 0 Å². The monoisotopic (exact) mass is 287 g/mol. The number of benzene rings is 1. The average Bonchev–Trinajstić information content (AvgIpc) is 2.90. The first-order valence-corrected chi connectivity index (χ1v) is 8.47. The van der Waals surface area contributed by atoms with Crippen molar-refractivity contribution in [2.45, 2.75) is 46.1 Å². The van der Waals surface area contributed by atoms with E-state index >= 15 is 0 Å². The second kappa shape index (κ2) is 7.61. The average molecular weight is 287 g/mol. The van der Waals surface area contributed by atoms with Crippen molar-refractivity contribution in [2.75, 3.05) is 6.54 Å². The lowest BCUT2D eigenvalue weighted by Gasteiger charge is -2.19. The molecule has 0 fully saturated rings. The number of hydrogen-bond acceptors (Lipinski definition) is 2. The molecule has 1 nitrogen and oxygen atoms in total. The van der Waals surface area contributed by atoms with Crippen LogP contribution >= 0.6 is 11.3 Å². The van der Waals surface area contributed by atoms with Crippen LogP contribution in [0.1, 0.15) is 47.9 Å². The van der Waals surface area contributed by atoms with Crippen molar-refractivity contribution in [1.29, 1.82) is 0 Å². The Labute approximate surface area is 127 Å². The molecular weight excluding hydrogens is 262 g/mol. The van der Waals surface area contributed by atoms with Gasteiger partial charge in [0.15, 0.2) is 0 Å². The maximum absolute atomic E-state index is 3.70. The molecule has 0 saturated carbocycles. The van der Waals surface area contributed by atoms with Crippen LogP contribution in [0.5, 0.6) is 0 Å². The summed E-state index contributed by atoms with van der Waals surface area (Å²) in [7, 11) is 0. The topological polar surface area (TPSA) is 12.0 Å². The van der Waals surface area contributed by atoms with Crippen LogP contribution in [0.15, 0.2) is 35.7 Å². The quantitative estimate of drug-likeness (QED) is 0.763. The summed E-state index contributed by atoms with van der Waals surface area (Å²) in [6.45, 7) is 7.72. The van der Waals surface area contributed by atoms with Crippen LogP contribution in [-0.4, -0.2) is 6.54 Å². The molecular formula is C18H25NS. The van der Waals surface area contributed by atoms with Crippen molar-refractivity contribution in [3.63, 3.8) is 0 Å². The molecule has 0 aliphatic heterocycles. The van der Waals surface area contributed by atoms with Gasteiger partial charge < -0.3 is 5.32 Å². The molecule has 0 saturated heterocycles. The molecule has 1 aromatic heterocycles. The van der Waals surface area contributed by atoms with E-state index < -0.39 is 0 Å². The van der Waals surface area contributed by atoms with Crippen LogP contribution < -0.4 is 5.32 Å². The van der Waals surface area contributed by atoms with E-state index in [9.17, 15) is 0 Å². The first kappa shape index (κ1) is 15.3. The van der Waals surface area contributed by atoms with Gasteiger partial charge in [-0.15, -0.1) is 11.3 Å². The van der Waals surface area contributed by atoms with Crippen LogP contribution in [0, 0.1) is 6.92 Å². The fourth-order valence-corrected chi connectivity index (χ4v) is 3.47. The summed E-state index contributed by atoms with van der Waals surface area (Å²) in [6, 6.07) is 11.7. The highest BCUT2D eigenvalue weighted by molar-refractivity contribution is 7.10. The first-order valence-electron chi connectivity index (χ1n) is 7.59. The fraction of sp³-hybridized carbons (Fsp3) is 0.444. The molecule has 2 aromatic rings. The Bertz CT molecular complexity index is 512. The molecule has 0 aliphatic carbocycles. The second-order valence-corrected chi connectivity index (χ2v) is 6.30. The molecule has 1 aromatic carbocycles. The largest absolute Gasteiger partial charge is 0.309 e.